The molecular weight excluding hydrogens is 307 g/mol. The zero-order chi connectivity index (χ0) is 16.3. The third-order valence-electron chi connectivity index (χ3n) is 6.26. The van der Waals surface area contributed by atoms with Crippen molar-refractivity contribution in [2.45, 2.75) is 63.7 Å². The van der Waals surface area contributed by atoms with Crippen molar-refractivity contribution in [3.8, 4) is 0 Å². The molecule has 0 bridgehead atoms. The summed E-state index contributed by atoms with van der Waals surface area (Å²) in [5, 5.41) is 0.365. The Morgan fingerprint density at radius 1 is 0.739 bits per heavy atom. The van der Waals surface area contributed by atoms with Gasteiger partial charge in [-0.05, 0) is 0 Å². The monoisotopic (exact) mass is 344 g/mol. The molecule has 0 N–H and O–H groups in total. The van der Waals surface area contributed by atoms with E-state index >= 15 is 0 Å². The molecule has 0 aromatic heterocycles. The van der Waals surface area contributed by atoms with Crippen LogP contribution in [0, 0.1) is 0 Å². The topological polar surface area (TPSA) is 24.9 Å². The first-order valence-corrected chi connectivity index (χ1v) is 11.7. The summed E-state index contributed by atoms with van der Waals surface area (Å²) >= 11 is 0. The molecule has 0 aromatic carbocycles. The number of hydrogen-bond donors (Lipinski definition) is 0. The molecule has 3 rings (SSSR count). The van der Waals surface area contributed by atoms with Crippen LogP contribution in [0.25, 0.3) is 0 Å². The second kappa shape index (κ2) is 7.66. The van der Waals surface area contributed by atoms with E-state index in [0.29, 0.717) is 5.16 Å². The Bertz CT molecular complexity index is 322. The van der Waals surface area contributed by atoms with Gasteiger partial charge < -0.3 is 0 Å². The first kappa shape index (κ1) is 18.1. The maximum atomic E-state index is 5.72. The van der Waals surface area contributed by atoms with Gasteiger partial charge in [-0.25, -0.2) is 0 Å². The quantitative estimate of drug-likeness (QED) is 0.733. The molecule has 2 heterocycles. The molecule has 1 aliphatic carbocycles. The van der Waals surface area contributed by atoms with Crippen LogP contribution in [-0.2, 0) is 9.47 Å². The summed E-state index contributed by atoms with van der Waals surface area (Å²) in [6, 6.07) is 0. The predicted octanol–water partition coefficient (Wildman–Crippen LogP) is 3.36. The van der Waals surface area contributed by atoms with Crippen molar-refractivity contribution in [1.82, 2.24) is 9.34 Å². The normalized spacial score (nSPS) is 28.0. The molecule has 23 heavy (non-hydrogen) atoms. The van der Waals surface area contributed by atoms with Gasteiger partial charge in [-0.15, -0.1) is 0 Å². The third-order valence-corrected chi connectivity index (χ3v) is 13.0. The average molecular weight is 344 g/mol. The van der Waals surface area contributed by atoms with E-state index in [1.165, 1.54) is 32.1 Å². The first-order chi connectivity index (χ1) is 11.1. The summed E-state index contributed by atoms with van der Waals surface area (Å²) in [5.41, 5.74) is 0.910. The first-order valence-electron chi connectivity index (χ1n) is 9.72. The SMILES string of the molecule is CC(C)(C)[PH](C1CCCCC1)(N1CCOCC1)N1CCOCC1. The summed E-state index contributed by atoms with van der Waals surface area (Å²) in [5.74, 6) is 0. The van der Waals surface area contributed by atoms with E-state index in [9.17, 15) is 0 Å². The molecule has 1 saturated carbocycles. The van der Waals surface area contributed by atoms with E-state index in [1.54, 1.807) is 0 Å². The van der Waals surface area contributed by atoms with Crippen molar-refractivity contribution in [2.24, 2.45) is 0 Å². The standard InChI is InChI=1S/C18H37N2O2P/c1-18(2,3)23(17-7-5-4-6-8-17,19-9-13-21-14-10-19)20-11-15-22-16-12-20/h17,23H,4-16H2,1-3H3. The van der Waals surface area contributed by atoms with Crippen LogP contribution in [0.3, 0.4) is 0 Å². The fourth-order valence-electron chi connectivity index (χ4n) is 5.59. The number of nitrogens with zero attached hydrogens (tertiary/aromatic N) is 2. The summed E-state index contributed by atoms with van der Waals surface area (Å²) < 4.78 is 17.3. The molecule has 5 heteroatoms. The summed E-state index contributed by atoms with van der Waals surface area (Å²) in [7, 11) is -1.79. The van der Waals surface area contributed by atoms with E-state index in [-0.39, 0.29) is 0 Å². The van der Waals surface area contributed by atoms with E-state index in [1.807, 2.05) is 0 Å². The van der Waals surface area contributed by atoms with Crippen molar-refractivity contribution >= 4 is 7.56 Å². The average Bonchev–Trinajstić information content (AvgIpc) is 2.57. The van der Waals surface area contributed by atoms with Crippen molar-refractivity contribution in [1.29, 1.82) is 0 Å². The molecule has 3 aliphatic rings. The Morgan fingerprint density at radius 2 is 1.17 bits per heavy atom. The van der Waals surface area contributed by atoms with Gasteiger partial charge in [-0.2, -0.15) is 0 Å². The Labute approximate surface area is 143 Å². The van der Waals surface area contributed by atoms with Crippen molar-refractivity contribution in [2.75, 3.05) is 52.6 Å². The Balaban J connectivity index is 1.99. The maximum absolute atomic E-state index is 5.72. The second-order valence-corrected chi connectivity index (χ2v) is 13.5. The van der Waals surface area contributed by atoms with Crippen LogP contribution in [0.15, 0.2) is 0 Å². The van der Waals surface area contributed by atoms with Crippen LogP contribution in [0.5, 0.6) is 0 Å². The van der Waals surface area contributed by atoms with Gasteiger partial charge in [0.25, 0.3) is 0 Å². The van der Waals surface area contributed by atoms with Crippen LogP contribution >= 0.6 is 7.56 Å². The van der Waals surface area contributed by atoms with Crippen molar-refractivity contribution in [3.63, 3.8) is 0 Å². The molecule has 0 radical (unpaired) electrons. The van der Waals surface area contributed by atoms with Gasteiger partial charge in [0.2, 0.25) is 0 Å². The number of morpholine rings is 2. The molecule has 0 atom stereocenters. The van der Waals surface area contributed by atoms with Gasteiger partial charge in [-0.1, -0.05) is 0 Å². The molecule has 0 spiro atoms. The van der Waals surface area contributed by atoms with Crippen LogP contribution in [0.4, 0.5) is 0 Å². The van der Waals surface area contributed by atoms with E-state index in [4.69, 9.17) is 9.47 Å². The van der Waals surface area contributed by atoms with Crippen molar-refractivity contribution < 1.29 is 9.47 Å². The van der Waals surface area contributed by atoms with E-state index in [0.717, 1.165) is 58.3 Å². The zero-order valence-corrected chi connectivity index (χ0v) is 16.5. The van der Waals surface area contributed by atoms with Crippen molar-refractivity contribution in [3.05, 3.63) is 0 Å². The summed E-state index contributed by atoms with van der Waals surface area (Å²) in [6.45, 7) is 15.8. The molecule has 0 unspecified atom stereocenters. The van der Waals surface area contributed by atoms with Gasteiger partial charge in [0.1, 0.15) is 0 Å². The number of ether oxygens (including phenoxy) is 2. The van der Waals surface area contributed by atoms with Crippen LogP contribution in [0.2, 0.25) is 0 Å². The minimum absolute atomic E-state index is 0.365. The van der Waals surface area contributed by atoms with Crippen LogP contribution in [-0.4, -0.2) is 72.8 Å². The predicted molar refractivity (Wildman–Crippen MR) is 99.7 cm³/mol. The Kier molecular flexibility index (Phi) is 6.02. The van der Waals surface area contributed by atoms with E-state index in [2.05, 4.69) is 30.1 Å². The fourth-order valence-corrected chi connectivity index (χ4v) is 13.1. The molecule has 0 amide bonds. The molecule has 136 valence electrons. The number of rotatable bonds is 3. The molecule has 2 aliphatic heterocycles. The van der Waals surface area contributed by atoms with E-state index < -0.39 is 7.56 Å². The second-order valence-electron chi connectivity index (χ2n) is 8.51. The Morgan fingerprint density at radius 3 is 1.57 bits per heavy atom. The Hall–Kier alpha value is 0.270. The zero-order valence-electron chi connectivity index (χ0n) is 15.5. The molecule has 2 saturated heterocycles. The van der Waals surface area contributed by atoms with Gasteiger partial charge in [0.15, 0.2) is 0 Å². The number of hydrogen-bond acceptors (Lipinski definition) is 4. The summed E-state index contributed by atoms with van der Waals surface area (Å²) in [6.07, 6.45) is 7.20. The summed E-state index contributed by atoms with van der Waals surface area (Å²) in [4.78, 5) is 0. The van der Waals surface area contributed by atoms with Crippen LogP contribution in [0.1, 0.15) is 52.9 Å². The molecular formula is C18H37N2O2P. The van der Waals surface area contributed by atoms with Gasteiger partial charge >= 0.3 is 143 Å². The third kappa shape index (κ3) is 3.48. The van der Waals surface area contributed by atoms with Gasteiger partial charge in [-0.3, -0.25) is 0 Å². The minimum atomic E-state index is -1.79. The van der Waals surface area contributed by atoms with Crippen LogP contribution < -0.4 is 0 Å². The molecule has 0 aromatic rings. The van der Waals surface area contributed by atoms with Gasteiger partial charge in [0, 0.05) is 0 Å². The molecule has 3 fully saturated rings. The molecule has 4 nitrogen and oxygen atoms in total. The van der Waals surface area contributed by atoms with Gasteiger partial charge in [0.05, 0.1) is 0 Å². The fraction of sp³-hybridized carbons (Fsp3) is 1.00.